The summed E-state index contributed by atoms with van der Waals surface area (Å²) in [4.78, 5) is 4.18. The SMILES string of the molecule is CC(C)c1cn(Cc2cccnc2)c2ccc(Cl)cc12. The summed E-state index contributed by atoms with van der Waals surface area (Å²) in [7, 11) is 0. The van der Waals surface area contributed by atoms with Crippen molar-refractivity contribution in [1.29, 1.82) is 0 Å². The first kappa shape index (κ1) is 13.2. The topological polar surface area (TPSA) is 17.8 Å². The van der Waals surface area contributed by atoms with E-state index in [0.29, 0.717) is 5.92 Å². The van der Waals surface area contributed by atoms with E-state index >= 15 is 0 Å². The van der Waals surface area contributed by atoms with Gasteiger partial charge in [0, 0.05) is 41.1 Å². The smallest absolute Gasteiger partial charge is 0.0491 e. The molecule has 0 bridgehead atoms. The number of benzene rings is 1. The average molecular weight is 285 g/mol. The summed E-state index contributed by atoms with van der Waals surface area (Å²) >= 11 is 6.15. The highest BCUT2D eigenvalue weighted by Gasteiger charge is 2.12. The van der Waals surface area contributed by atoms with E-state index < -0.39 is 0 Å². The summed E-state index contributed by atoms with van der Waals surface area (Å²) in [5.41, 5.74) is 3.77. The van der Waals surface area contributed by atoms with Gasteiger partial charge in [-0.25, -0.2) is 0 Å². The van der Waals surface area contributed by atoms with Crippen LogP contribution in [0.15, 0.2) is 48.9 Å². The van der Waals surface area contributed by atoms with E-state index in [0.717, 1.165) is 11.6 Å². The van der Waals surface area contributed by atoms with E-state index in [1.807, 2.05) is 18.3 Å². The molecule has 2 heterocycles. The number of aromatic nitrogens is 2. The van der Waals surface area contributed by atoms with Crippen molar-refractivity contribution in [2.75, 3.05) is 0 Å². The standard InChI is InChI=1S/C17H17ClN2/c1-12(2)16-11-20(10-13-4-3-7-19-9-13)17-6-5-14(18)8-15(16)17/h3-9,11-12H,10H2,1-2H3. The van der Waals surface area contributed by atoms with E-state index in [2.05, 4.69) is 47.8 Å². The molecule has 3 aromatic rings. The number of fused-ring (bicyclic) bond motifs is 1. The summed E-state index contributed by atoms with van der Waals surface area (Å²) in [6.45, 7) is 5.26. The highest BCUT2D eigenvalue weighted by Crippen LogP contribution is 2.30. The van der Waals surface area contributed by atoms with Gasteiger partial charge in [-0.1, -0.05) is 31.5 Å². The summed E-state index contributed by atoms with van der Waals surface area (Å²) < 4.78 is 2.28. The van der Waals surface area contributed by atoms with E-state index in [-0.39, 0.29) is 0 Å². The van der Waals surface area contributed by atoms with Crippen molar-refractivity contribution in [1.82, 2.24) is 9.55 Å². The van der Waals surface area contributed by atoms with Crippen LogP contribution >= 0.6 is 11.6 Å². The zero-order valence-corrected chi connectivity index (χ0v) is 12.4. The van der Waals surface area contributed by atoms with Crippen LogP contribution in [-0.2, 0) is 6.54 Å². The molecule has 0 saturated heterocycles. The molecule has 3 heteroatoms. The molecule has 0 atom stereocenters. The van der Waals surface area contributed by atoms with E-state index in [1.165, 1.54) is 22.0 Å². The fraction of sp³-hybridized carbons (Fsp3) is 0.235. The number of pyridine rings is 1. The second-order valence-electron chi connectivity index (χ2n) is 5.39. The molecular weight excluding hydrogens is 268 g/mol. The summed E-state index contributed by atoms with van der Waals surface area (Å²) in [6, 6.07) is 10.2. The predicted molar refractivity (Wildman–Crippen MR) is 84.4 cm³/mol. The Morgan fingerprint density at radius 1 is 1.25 bits per heavy atom. The first-order chi connectivity index (χ1) is 9.65. The number of rotatable bonds is 3. The van der Waals surface area contributed by atoms with Crippen LogP contribution in [0.5, 0.6) is 0 Å². The number of halogens is 1. The summed E-state index contributed by atoms with van der Waals surface area (Å²) in [6.07, 6.45) is 5.95. The van der Waals surface area contributed by atoms with Crippen molar-refractivity contribution >= 4 is 22.5 Å². The van der Waals surface area contributed by atoms with Crippen LogP contribution in [-0.4, -0.2) is 9.55 Å². The van der Waals surface area contributed by atoms with E-state index in [9.17, 15) is 0 Å². The maximum atomic E-state index is 6.15. The molecule has 0 N–H and O–H groups in total. The quantitative estimate of drug-likeness (QED) is 0.671. The van der Waals surface area contributed by atoms with Crippen molar-refractivity contribution < 1.29 is 0 Å². The Morgan fingerprint density at radius 3 is 2.80 bits per heavy atom. The van der Waals surface area contributed by atoms with Crippen LogP contribution in [0, 0.1) is 0 Å². The summed E-state index contributed by atoms with van der Waals surface area (Å²) in [5, 5.41) is 2.04. The minimum atomic E-state index is 0.478. The Morgan fingerprint density at radius 2 is 2.10 bits per heavy atom. The molecule has 0 fully saturated rings. The predicted octanol–water partition coefficient (Wildman–Crippen LogP) is 4.86. The van der Waals surface area contributed by atoms with Gasteiger partial charge in [-0.15, -0.1) is 0 Å². The fourth-order valence-corrected chi connectivity index (χ4v) is 2.75. The molecule has 0 unspecified atom stereocenters. The molecule has 0 aliphatic heterocycles. The van der Waals surface area contributed by atoms with Gasteiger partial charge in [-0.05, 0) is 41.3 Å². The monoisotopic (exact) mass is 284 g/mol. The number of nitrogens with zero attached hydrogens (tertiary/aromatic N) is 2. The molecular formula is C17H17ClN2. The number of hydrogen-bond donors (Lipinski definition) is 0. The van der Waals surface area contributed by atoms with Gasteiger partial charge in [0.15, 0.2) is 0 Å². The normalized spacial score (nSPS) is 11.4. The Kier molecular flexibility index (Phi) is 3.49. The van der Waals surface area contributed by atoms with Gasteiger partial charge in [-0.2, -0.15) is 0 Å². The van der Waals surface area contributed by atoms with Crippen LogP contribution in [0.2, 0.25) is 5.02 Å². The molecule has 0 radical (unpaired) electrons. The molecule has 2 nitrogen and oxygen atoms in total. The largest absolute Gasteiger partial charge is 0.343 e. The van der Waals surface area contributed by atoms with Crippen LogP contribution in [0.4, 0.5) is 0 Å². The maximum absolute atomic E-state index is 6.15. The first-order valence-electron chi connectivity index (χ1n) is 6.82. The van der Waals surface area contributed by atoms with E-state index in [1.54, 1.807) is 6.20 Å². The Bertz CT molecular complexity index is 729. The molecule has 2 aromatic heterocycles. The summed E-state index contributed by atoms with van der Waals surface area (Å²) in [5.74, 6) is 0.478. The molecule has 3 rings (SSSR count). The third-order valence-corrected chi connectivity index (χ3v) is 3.81. The van der Waals surface area contributed by atoms with Crippen LogP contribution in [0.3, 0.4) is 0 Å². The highest BCUT2D eigenvalue weighted by atomic mass is 35.5. The third kappa shape index (κ3) is 2.44. The van der Waals surface area contributed by atoms with Crippen molar-refractivity contribution in [2.45, 2.75) is 26.3 Å². The lowest BCUT2D eigenvalue weighted by Gasteiger charge is -2.05. The Labute approximate surface area is 124 Å². The highest BCUT2D eigenvalue weighted by molar-refractivity contribution is 6.31. The molecule has 0 spiro atoms. The van der Waals surface area contributed by atoms with Gasteiger partial charge in [-0.3, -0.25) is 4.98 Å². The second kappa shape index (κ2) is 5.29. The van der Waals surface area contributed by atoms with Crippen LogP contribution < -0.4 is 0 Å². The van der Waals surface area contributed by atoms with Crippen molar-refractivity contribution in [3.05, 3.63) is 65.1 Å². The molecule has 0 aliphatic rings. The lowest BCUT2D eigenvalue weighted by molar-refractivity contribution is 0.806. The lowest BCUT2D eigenvalue weighted by Crippen LogP contribution is -1.98. The van der Waals surface area contributed by atoms with Crippen LogP contribution in [0.1, 0.15) is 30.9 Å². The maximum Gasteiger partial charge on any atom is 0.0491 e. The van der Waals surface area contributed by atoms with Crippen molar-refractivity contribution in [3.63, 3.8) is 0 Å². The molecule has 0 amide bonds. The van der Waals surface area contributed by atoms with Gasteiger partial charge < -0.3 is 4.57 Å². The van der Waals surface area contributed by atoms with E-state index in [4.69, 9.17) is 11.6 Å². The zero-order chi connectivity index (χ0) is 14.1. The first-order valence-corrected chi connectivity index (χ1v) is 7.20. The molecule has 1 aromatic carbocycles. The van der Waals surface area contributed by atoms with Gasteiger partial charge in [0.25, 0.3) is 0 Å². The minimum Gasteiger partial charge on any atom is -0.343 e. The van der Waals surface area contributed by atoms with Gasteiger partial charge in [0.2, 0.25) is 0 Å². The lowest BCUT2D eigenvalue weighted by atomic mass is 10.0. The van der Waals surface area contributed by atoms with Gasteiger partial charge in [0.1, 0.15) is 0 Å². The zero-order valence-electron chi connectivity index (χ0n) is 11.7. The van der Waals surface area contributed by atoms with Gasteiger partial charge in [0.05, 0.1) is 0 Å². The molecule has 0 saturated carbocycles. The number of hydrogen-bond acceptors (Lipinski definition) is 1. The molecule has 0 aliphatic carbocycles. The van der Waals surface area contributed by atoms with Crippen molar-refractivity contribution in [3.8, 4) is 0 Å². The minimum absolute atomic E-state index is 0.478. The Balaban J connectivity index is 2.11. The second-order valence-corrected chi connectivity index (χ2v) is 5.83. The fourth-order valence-electron chi connectivity index (χ4n) is 2.58. The van der Waals surface area contributed by atoms with Crippen LogP contribution in [0.25, 0.3) is 10.9 Å². The average Bonchev–Trinajstić information content (AvgIpc) is 2.78. The third-order valence-electron chi connectivity index (χ3n) is 3.57. The van der Waals surface area contributed by atoms with Gasteiger partial charge >= 0.3 is 0 Å². The molecule has 20 heavy (non-hydrogen) atoms. The molecule has 102 valence electrons. The Hall–Kier alpha value is -1.80. The van der Waals surface area contributed by atoms with Crippen molar-refractivity contribution in [2.24, 2.45) is 0 Å².